The van der Waals surface area contributed by atoms with Crippen molar-refractivity contribution in [2.24, 2.45) is 13.0 Å². The van der Waals surface area contributed by atoms with E-state index >= 15 is 0 Å². The maximum absolute atomic E-state index is 14.2. The third-order valence-corrected chi connectivity index (χ3v) is 11.3. The number of H-pyrrole nitrogens is 1. The van der Waals surface area contributed by atoms with Gasteiger partial charge in [0.15, 0.2) is 0 Å². The zero-order valence-electron chi connectivity index (χ0n) is 33.0. The van der Waals surface area contributed by atoms with E-state index in [9.17, 15) is 19.5 Å². The van der Waals surface area contributed by atoms with Gasteiger partial charge in [-0.15, -0.1) is 0 Å². The van der Waals surface area contributed by atoms with Gasteiger partial charge >= 0.3 is 5.97 Å². The van der Waals surface area contributed by atoms with Crippen LogP contribution in [0.1, 0.15) is 81.3 Å². The van der Waals surface area contributed by atoms with Crippen LogP contribution in [-0.4, -0.2) is 80.3 Å². The molecule has 1 fully saturated rings. The Morgan fingerprint density at radius 3 is 2.30 bits per heavy atom. The molecule has 3 aromatic heterocycles. The minimum atomic E-state index is -1.10. The van der Waals surface area contributed by atoms with Crippen LogP contribution in [0.25, 0.3) is 22.0 Å². The largest absolute Gasteiger partial charge is 0.494 e. The molecule has 12 nitrogen and oxygen atoms in total. The van der Waals surface area contributed by atoms with Crippen LogP contribution >= 0.6 is 23.2 Å². The number of pyridine rings is 1. The van der Waals surface area contributed by atoms with E-state index in [4.69, 9.17) is 32.9 Å². The normalized spacial score (nSPS) is 13.2. The Morgan fingerprint density at radius 2 is 1.68 bits per heavy atom. The Bertz CT molecular complexity index is 2280. The highest BCUT2D eigenvalue weighted by Crippen LogP contribution is 2.40. The fraction of sp³-hybridized carbons (Fsp3) is 0.405. The first kappa shape index (κ1) is 40.6. The lowest BCUT2D eigenvalue weighted by Crippen LogP contribution is -2.49. The van der Waals surface area contributed by atoms with Gasteiger partial charge in [0, 0.05) is 66.9 Å². The monoisotopic (exact) mass is 801 g/mol. The van der Waals surface area contributed by atoms with E-state index in [0.717, 1.165) is 60.9 Å². The van der Waals surface area contributed by atoms with E-state index in [1.165, 1.54) is 12.1 Å². The minimum Gasteiger partial charge on any atom is -0.494 e. The maximum atomic E-state index is 14.2. The summed E-state index contributed by atoms with van der Waals surface area (Å²) in [5.74, 6) is 0.139. The van der Waals surface area contributed by atoms with Crippen molar-refractivity contribution in [1.82, 2.24) is 30.0 Å². The van der Waals surface area contributed by atoms with Crippen molar-refractivity contribution in [3.05, 3.63) is 91.5 Å². The predicted octanol–water partition coefficient (Wildman–Crippen LogP) is 7.84. The number of aromatic nitrogens is 4. The minimum absolute atomic E-state index is 0.0125. The van der Waals surface area contributed by atoms with Crippen molar-refractivity contribution in [2.75, 3.05) is 37.7 Å². The molecule has 296 valence electrons. The molecule has 0 aliphatic carbocycles. The number of nitrogens with one attached hydrogen (secondary N) is 2. The number of ether oxygens (including phenoxy) is 1. The van der Waals surface area contributed by atoms with Gasteiger partial charge in [-0.05, 0) is 93.5 Å². The van der Waals surface area contributed by atoms with Gasteiger partial charge in [0.05, 0.1) is 40.6 Å². The van der Waals surface area contributed by atoms with E-state index in [2.05, 4.69) is 15.4 Å². The summed E-state index contributed by atoms with van der Waals surface area (Å²) in [5, 5.41) is 19.7. The van der Waals surface area contributed by atoms with Crippen molar-refractivity contribution in [1.29, 1.82) is 0 Å². The standard InChI is InChI=1S/C42H49Cl2N7O5/c1-23(2)17-35(52)51-14-12-50(13-15-51)34-21-28(42(54)55)20-29(46-34)22-45-41(53)40-31(9-8-16-56-30-18-24(3)38(44)25(4)19-30)32-10-11-33(43)37(39(32)47-40)36-26(5)48-49(7)27(36)6/h10-11,18-21,23,47H,8-9,12-17,22H2,1-7H3,(H,45,53)(H,54,55). The summed E-state index contributed by atoms with van der Waals surface area (Å²) in [5.41, 5.74) is 7.65. The highest BCUT2D eigenvalue weighted by Gasteiger charge is 2.26. The number of hydrogen-bond acceptors (Lipinski definition) is 7. The van der Waals surface area contributed by atoms with E-state index in [1.807, 2.05) is 87.3 Å². The van der Waals surface area contributed by atoms with Crippen LogP contribution < -0.4 is 15.0 Å². The van der Waals surface area contributed by atoms with Gasteiger partial charge in [0.2, 0.25) is 5.91 Å². The Hall–Kier alpha value is -5.07. The molecule has 1 aliphatic rings. The van der Waals surface area contributed by atoms with E-state index < -0.39 is 5.97 Å². The number of fused-ring (bicyclic) bond motifs is 1. The number of nitrogens with zero attached hydrogens (tertiary/aromatic N) is 5. The molecule has 0 atom stereocenters. The molecular formula is C42H49Cl2N7O5. The number of carboxylic acids is 1. The first-order valence-electron chi connectivity index (χ1n) is 18.9. The lowest BCUT2D eigenvalue weighted by Gasteiger charge is -2.36. The molecule has 4 heterocycles. The number of aromatic amines is 1. The molecule has 5 aromatic rings. The summed E-state index contributed by atoms with van der Waals surface area (Å²) >= 11 is 13.3. The van der Waals surface area contributed by atoms with Gasteiger partial charge < -0.3 is 29.9 Å². The highest BCUT2D eigenvalue weighted by atomic mass is 35.5. The quantitative estimate of drug-likeness (QED) is 0.102. The van der Waals surface area contributed by atoms with Crippen LogP contribution in [0.5, 0.6) is 5.75 Å². The number of piperazine rings is 1. The predicted molar refractivity (Wildman–Crippen MR) is 220 cm³/mol. The van der Waals surface area contributed by atoms with Crippen molar-refractivity contribution in [3.63, 3.8) is 0 Å². The van der Waals surface area contributed by atoms with Crippen LogP contribution in [0.3, 0.4) is 0 Å². The SMILES string of the molecule is Cc1cc(OCCCc2c(C(=O)NCc3cc(C(=O)O)cc(N4CCN(C(=O)CC(C)C)CC4)n3)[nH]c3c(-c4c(C)nn(C)c4C)c(Cl)ccc23)cc(C)c1Cl. The summed E-state index contributed by atoms with van der Waals surface area (Å²) < 4.78 is 7.94. The lowest BCUT2D eigenvalue weighted by atomic mass is 9.98. The average Bonchev–Trinajstić information content (AvgIpc) is 3.65. The zero-order valence-corrected chi connectivity index (χ0v) is 34.5. The van der Waals surface area contributed by atoms with Crippen LogP contribution in [0.2, 0.25) is 10.0 Å². The van der Waals surface area contributed by atoms with Crippen LogP contribution in [0.15, 0.2) is 36.4 Å². The van der Waals surface area contributed by atoms with Gasteiger partial charge in [-0.25, -0.2) is 9.78 Å². The Kier molecular flexibility index (Phi) is 12.3. The summed E-state index contributed by atoms with van der Waals surface area (Å²) in [7, 11) is 1.89. The molecule has 0 unspecified atom stereocenters. The maximum Gasteiger partial charge on any atom is 0.335 e. The molecule has 6 rings (SSSR count). The van der Waals surface area contributed by atoms with E-state index in [1.54, 1.807) is 0 Å². The molecule has 0 bridgehead atoms. The van der Waals surface area contributed by atoms with Crippen LogP contribution in [-0.2, 0) is 24.8 Å². The number of benzene rings is 2. The van der Waals surface area contributed by atoms with Crippen LogP contribution in [0.4, 0.5) is 5.82 Å². The molecule has 1 saturated heterocycles. The number of carbonyl (C=O) groups excluding carboxylic acids is 2. The number of halogens is 2. The molecule has 2 aromatic carbocycles. The second kappa shape index (κ2) is 17.0. The molecule has 0 radical (unpaired) electrons. The Labute approximate surface area is 337 Å². The first-order valence-corrected chi connectivity index (χ1v) is 19.7. The van der Waals surface area contributed by atoms with Gasteiger partial charge in [-0.1, -0.05) is 43.1 Å². The topological polar surface area (TPSA) is 146 Å². The fourth-order valence-corrected chi connectivity index (χ4v) is 7.79. The number of aromatic carboxylic acids is 1. The summed E-state index contributed by atoms with van der Waals surface area (Å²) in [4.78, 5) is 51.1. The number of carbonyl (C=O) groups is 3. The number of carboxylic acid groups (broad SMARTS) is 1. The average molecular weight is 803 g/mol. The second-order valence-electron chi connectivity index (χ2n) is 15.0. The third-order valence-electron chi connectivity index (χ3n) is 10.3. The Morgan fingerprint density at radius 1 is 0.982 bits per heavy atom. The second-order valence-corrected chi connectivity index (χ2v) is 15.8. The van der Waals surface area contributed by atoms with Gasteiger partial charge in [0.25, 0.3) is 5.91 Å². The number of anilines is 1. The molecular weight excluding hydrogens is 753 g/mol. The van der Waals surface area contributed by atoms with E-state index in [0.29, 0.717) is 74.3 Å². The molecule has 56 heavy (non-hydrogen) atoms. The number of amides is 2. The summed E-state index contributed by atoms with van der Waals surface area (Å²) in [6, 6.07) is 10.6. The van der Waals surface area contributed by atoms with Crippen molar-refractivity contribution >= 4 is 57.7 Å². The summed E-state index contributed by atoms with van der Waals surface area (Å²) in [6.07, 6.45) is 1.62. The first-order chi connectivity index (χ1) is 26.6. The molecule has 1 aliphatic heterocycles. The lowest BCUT2D eigenvalue weighted by molar-refractivity contribution is -0.132. The Balaban J connectivity index is 1.27. The van der Waals surface area contributed by atoms with Crippen molar-refractivity contribution in [3.8, 4) is 16.9 Å². The third kappa shape index (κ3) is 8.66. The fourth-order valence-electron chi connectivity index (χ4n) is 7.43. The smallest absolute Gasteiger partial charge is 0.335 e. The van der Waals surface area contributed by atoms with Gasteiger partial charge in [0.1, 0.15) is 17.3 Å². The van der Waals surface area contributed by atoms with Gasteiger partial charge in [-0.2, -0.15) is 5.10 Å². The van der Waals surface area contributed by atoms with Crippen LogP contribution in [0, 0.1) is 33.6 Å². The number of hydrogen-bond donors (Lipinski definition) is 3. The molecule has 0 spiro atoms. The van der Waals surface area contributed by atoms with Gasteiger partial charge in [-0.3, -0.25) is 14.3 Å². The molecule has 2 amide bonds. The zero-order chi connectivity index (χ0) is 40.4. The number of aryl methyl sites for hydroxylation is 5. The van der Waals surface area contributed by atoms with Crippen molar-refractivity contribution in [2.45, 2.75) is 67.3 Å². The highest BCUT2D eigenvalue weighted by molar-refractivity contribution is 6.35. The summed E-state index contributed by atoms with van der Waals surface area (Å²) in [6.45, 7) is 14.3. The number of rotatable bonds is 13. The van der Waals surface area contributed by atoms with E-state index in [-0.39, 0.29) is 29.8 Å². The van der Waals surface area contributed by atoms with Crippen molar-refractivity contribution < 1.29 is 24.2 Å². The molecule has 14 heteroatoms. The molecule has 3 N–H and O–H groups in total. The molecule has 0 saturated carbocycles.